The van der Waals surface area contributed by atoms with Crippen molar-refractivity contribution in [1.29, 1.82) is 10.5 Å². The number of hydrogen-bond donors (Lipinski definition) is 1. The van der Waals surface area contributed by atoms with Crippen LogP contribution < -0.4 is 5.32 Å². The molecule has 2 rings (SSSR count). The maximum absolute atomic E-state index is 9.27. The zero-order valence-electron chi connectivity index (χ0n) is 12.2. The molecule has 1 aromatic heterocycles. The number of aliphatic imine (C=N–C) groups is 1. The van der Waals surface area contributed by atoms with E-state index in [1.54, 1.807) is 18.2 Å². The molecule has 0 spiro atoms. The third-order valence-corrected chi connectivity index (χ3v) is 5.07. The van der Waals surface area contributed by atoms with Crippen molar-refractivity contribution >= 4 is 64.0 Å². The molecule has 0 amide bonds. The number of hydrogen-bond acceptors (Lipinski definition) is 6. The van der Waals surface area contributed by atoms with Crippen LogP contribution in [0.4, 0.5) is 0 Å². The highest BCUT2D eigenvalue weighted by Gasteiger charge is 2.11. The first-order valence-electron chi connectivity index (χ1n) is 6.53. The number of aromatic nitrogens is 1. The zero-order chi connectivity index (χ0) is 18.4. The Labute approximate surface area is 167 Å². The molecule has 0 fully saturated rings. The normalized spacial score (nSPS) is 11.8. The van der Waals surface area contributed by atoms with Crippen LogP contribution in [0.3, 0.4) is 0 Å². The lowest BCUT2D eigenvalue weighted by atomic mass is 10.2. The number of benzene rings is 1. The predicted octanol–water partition coefficient (Wildman–Crippen LogP) is 5.22. The minimum atomic E-state index is -0.120. The van der Waals surface area contributed by atoms with Crippen LogP contribution >= 0.6 is 57.7 Å². The second-order valence-corrected chi connectivity index (χ2v) is 7.21. The van der Waals surface area contributed by atoms with Crippen LogP contribution in [-0.4, -0.2) is 11.2 Å². The van der Waals surface area contributed by atoms with Gasteiger partial charge in [0.25, 0.3) is 0 Å². The summed E-state index contributed by atoms with van der Waals surface area (Å²) in [6.45, 7) is 0.180. The Morgan fingerprint density at radius 2 is 1.88 bits per heavy atom. The number of halogens is 4. The number of rotatable bonds is 5. The molecule has 1 heterocycles. The van der Waals surface area contributed by atoms with Crippen molar-refractivity contribution in [2.45, 2.75) is 6.54 Å². The first-order chi connectivity index (χ1) is 12.0. The van der Waals surface area contributed by atoms with Gasteiger partial charge in [-0.1, -0.05) is 52.5 Å². The fourth-order valence-electron chi connectivity index (χ4n) is 1.67. The number of thiazole rings is 1. The van der Waals surface area contributed by atoms with Crippen LogP contribution in [-0.2, 0) is 6.54 Å². The Bertz CT molecular complexity index is 916. The minimum Gasteiger partial charge on any atom is -0.369 e. The van der Waals surface area contributed by atoms with Gasteiger partial charge in [0.05, 0.1) is 21.5 Å². The molecule has 0 saturated carbocycles. The molecule has 5 nitrogen and oxygen atoms in total. The average Bonchev–Trinajstić information content (AvgIpc) is 2.90. The highest BCUT2D eigenvalue weighted by Crippen LogP contribution is 2.26. The molecule has 10 heteroatoms. The Balaban J connectivity index is 2.25. The van der Waals surface area contributed by atoms with E-state index in [9.17, 15) is 10.5 Å². The quantitative estimate of drug-likeness (QED) is 0.520. The molecule has 0 aliphatic carbocycles. The van der Waals surface area contributed by atoms with Gasteiger partial charge < -0.3 is 5.32 Å². The van der Waals surface area contributed by atoms with Crippen molar-refractivity contribution in [2.75, 3.05) is 0 Å². The van der Waals surface area contributed by atoms with Crippen molar-refractivity contribution in [2.24, 2.45) is 4.99 Å². The molecule has 0 aliphatic rings. The van der Waals surface area contributed by atoms with Crippen LogP contribution in [0.25, 0.3) is 0 Å². The first kappa shape index (κ1) is 19.5. The second kappa shape index (κ2) is 9.05. The molecule has 0 atom stereocenters. The molecule has 0 saturated heterocycles. The lowest BCUT2D eigenvalue weighted by Crippen LogP contribution is -2.13. The fourth-order valence-corrected chi connectivity index (χ4v) is 3.51. The Morgan fingerprint density at radius 3 is 2.40 bits per heavy atom. The fraction of sp³-hybridized carbons (Fsp3) is 0.0667. The molecule has 126 valence electrons. The molecule has 25 heavy (non-hydrogen) atoms. The van der Waals surface area contributed by atoms with Crippen molar-refractivity contribution in [1.82, 2.24) is 10.3 Å². The average molecular weight is 431 g/mol. The van der Waals surface area contributed by atoms with Crippen molar-refractivity contribution in [3.63, 3.8) is 0 Å². The van der Waals surface area contributed by atoms with Gasteiger partial charge in [-0.3, -0.25) is 0 Å². The number of allylic oxidation sites excluding steroid dienone is 2. The van der Waals surface area contributed by atoms with E-state index in [1.807, 2.05) is 12.1 Å². The van der Waals surface area contributed by atoms with Gasteiger partial charge in [-0.25, -0.2) is 9.98 Å². The van der Waals surface area contributed by atoms with E-state index in [4.69, 9.17) is 46.4 Å². The number of nitrogens with one attached hydrogen (secondary N) is 1. The third kappa shape index (κ3) is 5.09. The van der Waals surface area contributed by atoms with Crippen LogP contribution in [0.2, 0.25) is 19.7 Å². The molecular formula is C15H7Cl4N5S. The van der Waals surface area contributed by atoms with Gasteiger partial charge in [-0.05, 0) is 12.1 Å². The highest BCUT2D eigenvalue weighted by molar-refractivity contribution is 7.16. The standard InChI is InChI=1S/C15H7Cl4N5S/c16-9-2-1-3-10(17)8(9)6-22-11(4-20)12(5-21)23-7-13-14(18)24-15(19)25-13/h1-3,6,23H,7H2/b12-11-,22-6?. The van der Waals surface area contributed by atoms with E-state index < -0.39 is 0 Å². The summed E-state index contributed by atoms with van der Waals surface area (Å²) >= 11 is 24.9. The Hall–Kier alpha value is -1.80. The second-order valence-electron chi connectivity index (χ2n) is 4.38. The van der Waals surface area contributed by atoms with E-state index in [0.29, 0.717) is 20.5 Å². The SMILES string of the molecule is N#C/C(N=Cc1c(Cl)cccc1Cl)=C(\C#N)NCc1sc(Cl)nc1Cl. The van der Waals surface area contributed by atoms with Gasteiger partial charge in [0.1, 0.15) is 17.3 Å². The topological polar surface area (TPSA) is 84.9 Å². The summed E-state index contributed by atoms with van der Waals surface area (Å²) in [6.07, 6.45) is 1.33. The monoisotopic (exact) mass is 429 g/mol. The van der Waals surface area contributed by atoms with Gasteiger partial charge >= 0.3 is 0 Å². The predicted molar refractivity (Wildman–Crippen MR) is 101 cm³/mol. The summed E-state index contributed by atoms with van der Waals surface area (Å²) < 4.78 is 0.288. The van der Waals surface area contributed by atoms with Crippen molar-refractivity contribution in [3.8, 4) is 12.1 Å². The van der Waals surface area contributed by atoms with Crippen LogP contribution in [0, 0.1) is 22.7 Å². The Kier molecular flexibility index (Phi) is 7.07. The number of nitriles is 2. The lowest BCUT2D eigenvalue weighted by molar-refractivity contribution is 0.839. The molecule has 2 aromatic rings. The summed E-state index contributed by atoms with van der Waals surface area (Å²) in [7, 11) is 0. The van der Waals surface area contributed by atoms with Gasteiger partial charge in [0.15, 0.2) is 15.9 Å². The summed E-state index contributed by atoms with van der Waals surface area (Å²) in [5.74, 6) is 0. The highest BCUT2D eigenvalue weighted by atomic mass is 35.5. The summed E-state index contributed by atoms with van der Waals surface area (Å²) in [5, 5.41) is 22.3. The smallest absolute Gasteiger partial charge is 0.185 e. The van der Waals surface area contributed by atoms with E-state index in [1.165, 1.54) is 17.6 Å². The molecule has 0 unspecified atom stereocenters. The van der Waals surface area contributed by atoms with E-state index in [2.05, 4.69) is 15.3 Å². The maximum atomic E-state index is 9.27. The lowest BCUT2D eigenvalue weighted by Gasteiger charge is -2.04. The minimum absolute atomic E-state index is 0.0254. The molecule has 0 bridgehead atoms. The van der Waals surface area contributed by atoms with Crippen LogP contribution in [0.1, 0.15) is 10.4 Å². The molecule has 0 aliphatic heterocycles. The molecule has 0 radical (unpaired) electrons. The van der Waals surface area contributed by atoms with Crippen LogP contribution in [0.5, 0.6) is 0 Å². The van der Waals surface area contributed by atoms with Crippen molar-refractivity contribution in [3.05, 3.63) is 59.7 Å². The molecule has 1 aromatic carbocycles. The van der Waals surface area contributed by atoms with Gasteiger partial charge in [-0.15, -0.1) is 11.3 Å². The summed E-state index contributed by atoms with van der Waals surface area (Å²) in [4.78, 5) is 8.51. The first-order valence-corrected chi connectivity index (χ1v) is 8.86. The van der Waals surface area contributed by atoms with E-state index >= 15 is 0 Å². The third-order valence-electron chi connectivity index (χ3n) is 2.83. The Morgan fingerprint density at radius 1 is 1.20 bits per heavy atom. The number of nitrogens with zero attached hydrogens (tertiary/aromatic N) is 4. The van der Waals surface area contributed by atoms with E-state index in [-0.39, 0.29) is 27.6 Å². The largest absolute Gasteiger partial charge is 0.369 e. The van der Waals surface area contributed by atoms with E-state index in [0.717, 1.165) is 0 Å². The zero-order valence-corrected chi connectivity index (χ0v) is 16.1. The molecular weight excluding hydrogens is 424 g/mol. The van der Waals surface area contributed by atoms with Crippen LogP contribution in [0.15, 0.2) is 34.6 Å². The summed E-state index contributed by atoms with van der Waals surface area (Å²) in [6, 6.07) is 8.72. The van der Waals surface area contributed by atoms with Crippen molar-refractivity contribution < 1.29 is 0 Å². The van der Waals surface area contributed by atoms with Gasteiger partial charge in [0.2, 0.25) is 0 Å². The summed E-state index contributed by atoms with van der Waals surface area (Å²) in [5.41, 5.74) is 0.306. The van der Waals surface area contributed by atoms with Gasteiger partial charge in [0, 0.05) is 11.8 Å². The maximum Gasteiger partial charge on any atom is 0.185 e. The van der Waals surface area contributed by atoms with Gasteiger partial charge in [-0.2, -0.15) is 10.5 Å². The molecule has 1 N–H and O–H groups in total.